The molecule has 1 fully saturated rings. The zero-order chi connectivity index (χ0) is 11.4. The van der Waals surface area contributed by atoms with Gasteiger partial charge in [-0.05, 0) is 19.3 Å². The minimum Gasteiger partial charge on any atom is -0.473 e. The molecule has 1 heterocycles. The first-order valence-electron chi connectivity index (χ1n) is 5.45. The Morgan fingerprint density at radius 1 is 1.31 bits per heavy atom. The second-order valence-electron chi connectivity index (χ2n) is 3.94. The highest BCUT2D eigenvalue weighted by Crippen LogP contribution is 2.24. The number of halogens is 1. The quantitative estimate of drug-likeness (QED) is 0.817. The fraction of sp³-hybridized carbons (Fsp3) is 0.636. The van der Waals surface area contributed by atoms with Gasteiger partial charge in [0.25, 0.3) is 0 Å². The zero-order valence-corrected chi connectivity index (χ0v) is 9.98. The smallest absolute Gasteiger partial charge is 0.234 e. The van der Waals surface area contributed by atoms with Gasteiger partial charge in [-0.15, -0.1) is 0 Å². The molecule has 5 heteroatoms. The van der Waals surface area contributed by atoms with Gasteiger partial charge in [-0.3, -0.25) is 4.98 Å². The number of rotatable bonds is 3. The van der Waals surface area contributed by atoms with Crippen LogP contribution in [0.5, 0.6) is 5.88 Å². The Morgan fingerprint density at radius 3 is 2.88 bits per heavy atom. The Morgan fingerprint density at radius 2 is 2.12 bits per heavy atom. The van der Waals surface area contributed by atoms with Gasteiger partial charge in [0.15, 0.2) is 5.15 Å². The molecule has 1 saturated carbocycles. The molecule has 1 aliphatic rings. The van der Waals surface area contributed by atoms with Crippen molar-refractivity contribution in [1.29, 1.82) is 0 Å². The van der Waals surface area contributed by atoms with Gasteiger partial charge in [0.1, 0.15) is 6.10 Å². The molecule has 1 aromatic heterocycles. The first-order valence-corrected chi connectivity index (χ1v) is 5.82. The maximum Gasteiger partial charge on any atom is 0.234 e. The van der Waals surface area contributed by atoms with E-state index in [-0.39, 0.29) is 6.10 Å². The summed E-state index contributed by atoms with van der Waals surface area (Å²) in [5, 5.41) is 0.358. The van der Waals surface area contributed by atoms with Crippen molar-refractivity contribution >= 4 is 11.6 Å². The van der Waals surface area contributed by atoms with Gasteiger partial charge in [-0.1, -0.05) is 11.6 Å². The van der Waals surface area contributed by atoms with Crippen molar-refractivity contribution in [3.63, 3.8) is 0 Å². The van der Waals surface area contributed by atoms with Gasteiger partial charge >= 0.3 is 0 Å². The number of methoxy groups -OCH3 is 1. The fourth-order valence-electron chi connectivity index (χ4n) is 1.98. The third-order valence-electron chi connectivity index (χ3n) is 2.78. The standard InChI is InChI=1S/C11H15ClN2O2/c1-15-8-3-2-4-9(5-8)16-11-7-13-6-10(12)14-11/h6-9H,2-5H2,1H3. The Kier molecular flexibility index (Phi) is 3.96. The van der Waals surface area contributed by atoms with E-state index >= 15 is 0 Å². The fourth-order valence-corrected chi connectivity index (χ4v) is 2.12. The molecule has 0 N–H and O–H groups in total. The van der Waals surface area contributed by atoms with Crippen LogP contribution >= 0.6 is 11.6 Å². The predicted molar refractivity (Wildman–Crippen MR) is 60.7 cm³/mol. The average Bonchev–Trinajstić information content (AvgIpc) is 2.29. The van der Waals surface area contributed by atoms with Crippen LogP contribution in [0.15, 0.2) is 12.4 Å². The molecular formula is C11H15ClN2O2. The highest BCUT2D eigenvalue weighted by molar-refractivity contribution is 6.29. The third kappa shape index (κ3) is 3.06. The predicted octanol–water partition coefficient (Wildman–Crippen LogP) is 2.47. The lowest BCUT2D eigenvalue weighted by Gasteiger charge is -2.28. The number of hydrogen-bond donors (Lipinski definition) is 0. The van der Waals surface area contributed by atoms with E-state index < -0.39 is 0 Å². The molecule has 2 atom stereocenters. The van der Waals surface area contributed by atoms with Crippen LogP contribution in [-0.4, -0.2) is 29.3 Å². The molecule has 0 radical (unpaired) electrons. The monoisotopic (exact) mass is 242 g/mol. The highest BCUT2D eigenvalue weighted by atomic mass is 35.5. The summed E-state index contributed by atoms with van der Waals surface area (Å²) in [4.78, 5) is 8.00. The first-order chi connectivity index (χ1) is 7.78. The Hall–Kier alpha value is -0.870. The Bertz CT molecular complexity index is 349. The molecule has 88 valence electrons. The lowest BCUT2D eigenvalue weighted by Crippen LogP contribution is -2.29. The lowest BCUT2D eigenvalue weighted by atomic mass is 9.95. The summed E-state index contributed by atoms with van der Waals surface area (Å²) in [6.07, 6.45) is 7.71. The molecule has 0 saturated heterocycles. The van der Waals surface area contributed by atoms with Crippen LogP contribution < -0.4 is 4.74 Å². The minimum absolute atomic E-state index is 0.159. The maximum absolute atomic E-state index is 5.74. The summed E-state index contributed by atoms with van der Waals surface area (Å²) in [7, 11) is 1.74. The van der Waals surface area contributed by atoms with Crippen molar-refractivity contribution in [2.75, 3.05) is 7.11 Å². The SMILES string of the molecule is COC1CCCC(Oc2cncc(Cl)n2)C1. The van der Waals surface area contributed by atoms with Crippen molar-refractivity contribution in [2.24, 2.45) is 0 Å². The van der Waals surface area contributed by atoms with E-state index in [1.54, 1.807) is 13.3 Å². The largest absolute Gasteiger partial charge is 0.473 e. The molecule has 2 unspecified atom stereocenters. The minimum atomic E-state index is 0.159. The second-order valence-corrected chi connectivity index (χ2v) is 4.33. The second kappa shape index (κ2) is 5.46. The van der Waals surface area contributed by atoms with Gasteiger partial charge in [-0.25, -0.2) is 0 Å². The lowest BCUT2D eigenvalue weighted by molar-refractivity contribution is 0.0194. The van der Waals surface area contributed by atoms with E-state index in [0.29, 0.717) is 17.1 Å². The Labute approximate surface area is 99.9 Å². The molecule has 0 amide bonds. The van der Waals surface area contributed by atoms with Gasteiger partial charge in [0.2, 0.25) is 5.88 Å². The van der Waals surface area contributed by atoms with E-state index in [1.165, 1.54) is 6.20 Å². The van der Waals surface area contributed by atoms with Crippen molar-refractivity contribution in [3.8, 4) is 5.88 Å². The molecule has 4 nitrogen and oxygen atoms in total. The molecule has 0 aromatic carbocycles. The van der Waals surface area contributed by atoms with Crippen molar-refractivity contribution in [2.45, 2.75) is 37.9 Å². The van der Waals surface area contributed by atoms with Gasteiger partial charge in [0, 0.05) is 13.5 Å². The van der Waals surface area contributed by atoms with Gasteiger partial charge < -0.3 is 9.47 Å². The molecule has 2 rings (SSSR count). The summed E-state index contributed by atoms with van der Waals surface area (Å²) in [6, 6.07) is 0. The van der Waals surface area contributed by atoms with Crippen LogP contribution in [0.25, 0.3) is 0 Å². The highest BCUT2D eigenvalue weighted by Gasteiger charge is 2.23. The topological polar surface area (TPSA) is 44.2 Å². The van der Waals surface area contributed by atoms with Crippen molar-refractivity contribution in [3.05, 3.63) is 17.5 Å². The van der Waals surface area contributed by atoms with Crippen molar-refractivity contribution in [1.82, 2.24) is 9.97 Å². The van der Waals surface area contributed by atoms with Crippen LogP contribution in [0, 0.1) is 0 Å². The molecule has 1 aliphatic carbocycles. The van der Waals surface area contributed by atoms with E-state index in [0.717, 1.165) is 25.7 Å². The van der Waals surface area contributed by atoms with Crippen molar-refractivity contribution < 1.29 is 9.47 Å². The van der Waals surface area contributed by atoms with E-state index in [1.807, 2.05) is 0 Å². The van der Waals surface area contributed by atoms with Crippen LogP contribution in [0.2, 0.25) is 5.15 Å². The number of ether oxygens (including phenoxy) is 2. The number of aromatic nitrogens is 2. The summed E-state index contributed by atoms with van der Waals surface area (Å²) in [5.74, 6) is 0.495. The normalized spacial score (nSPS) is 25.4. The maximum atomic E-state index is 5.74. The van der Waals surface area contributed by atoms with E-state index in [9.17, 15) is 0 Å². The van der Waals surface area contributed by atoms with Gasteiger partial charge in [-0.2, -0.15) is 4.98 Å². The molecule has 0 bridgehead atoms. The third-order valence-corrected chi connectivity index (χ3v) is 2.96. The molecular weight excluding hydrogens is 228 g/mol. The van der Waals surface area contributed by atoms with Crippen LogP contribution in [0.4, 0.5) is 0 Å². The first kappa shape index (κ1) is 11.6. The van der Waals surface area contributed by atoms with E-state index in [4.69, 9.17) is 21.1 Å². The number of hydrogen-bond acceptors (Lipinski definition) is 4. The van der Waals surface area contributed by atoms with Crippen LogP contribution in [0.1, 0.15) is 25.7 Å². The molecule has 0 aliphatic heterocycles. The zero-order valence-electron chi connectivity index (χ0n) is 9.23. The molecule has 0 spiro atoms. The number of nitrogens with zero attached hydrogens (tertiary/aromatic N) is 2. The van der Waals surface area contributed by atoms with E-state index in [2.05, 4.69) is 9.97 Å². The summed E-state index contributed by atoms with van der Waals surface area (Å²) in [6.45, 7) is 0. The molecule has 1 aromatic rings. The summed E-state index contributed by atoms with van der Waals surface area (Å²) < 4.78 is 11.1. The van der Waals surface area contributed by atoms with Crippen LogP contribution in [0.3, 0.4) is 0 Å². The molecule has 16 heavy (non-hydrogen) atoms. The summed E-state index contributed by atoms with van der Waals surface area (Å²) in [5.41, 5.74) is 0. The summed E-state index contributed by atoms with van der Waals surface area (Å²) >= 11 is 5.74. The Balaban J connectivity index is 1.94. The van der Waals surface area contributed by atoms with Gasteiger partial charge in [0.05, 0.1) is 18.5 Å². The average molecular weight is 243 g/mol. The van der Waals surface area contributed by atoms with Crippen LogP contribution in [-0.2, 0) is 4.74 Å².